The fourth-order valence-electron chi connectivity index (χ4n) is 1.65. The Bertz CT molecular complexity index is 710. The fourth-order valence-corrected chi connectivity index (χ4v) is 1.65. The summed E-state index contributed by atoms with van der Waals surface area (Å²) in [5.41, 5.74) is 8.31. The highest BCUT2D eigenvalue weighted by molar-refractivity contribution is 5.81. The second-order valence-electron chi connectivity index (χ2n) is 4.47. The number of amides is 2. The number of hydrogen-bond acceptors (Lipinski definition) is 3. The molecule has 2 aromatic rings. The van der Waals surface area contributed by atoms with Gasteiger partial charge in [-0.3, -0.25) is 0 Å². The third-order valence-corrected chi connectivity index (χ3v) is 2.73. The maximum atomic E-state index is 13.0. The highest BCUT2D eigenvalue weighted by atomic mass is 19.2. The van der Waals surface area contributed by atoms with Gasteiger partial charge in [-0.05, 0) is 11.1 Å². The van der Waals surface area contributed by atoms with Crippen LogP contribution in [0, 0.1) is 17.5 Å². The molecule has 2 amide bonds. The van der Waals surface area contributed by atoms with Gasteiger partial charge in [0, 0.05) is 12.1 Å². The quantitative estimate of drug-likeness (QED) is 0.504. The van der Waals surface area contributed by atoms with Crippen molar-refractivity contribution in [1.29, 1.82) is 0 Å². The van der Waals surface area contributed by atoms with Crippen LogP contribution >= 0.6 is 0 Å². The summed E-state index contributed by atoms with van der Waals surface area (Å²) in [6.07, 6.45) is 1.39. The van der Waals surface area contributed by atoms with E-state index in [1.165, 1.54) is 6.21 Å². The van der Waals surface area contributed by atoms with E-state index in [1.54, 1.807) is 24.3 Å². The summed E-state index contributed by atoms with van der Waals surface area (Å²) in [6, 6.07) is 7.55. The highest BCUT2D eigenvalue weighted by Gasteiger charge is 2.11. The number of ether oxygens (including phenoxy) is 1. The highest BCUT2D eigenvalue weighted by Crippen LogP contribution is 2.20. The smallest absolute Gasteiger partial charge is 0.332 e. The second kappa shape index (κ2) is 7.30. The van der Waals surface area contributed by atoms with Crippen molar-refractivity contribution in [2.75, 3.05) is 0 Å². The van der Waals surface area contributed by atoms with E-state index in [0.717, 1.165) is 17.7 Å². The molecule has 0 saturated carbocycles. The molecule has 0 aliphatic carbocycles. The number of carbonyl (C=O) groups is 1. The van der Waals surface area contributed by atoms with Crippen LogP contribution in [-0.4, -0.2) is 12.2 Å². The van der Waals surface area contributed by atoms with Crippen LogP contribution in [0.5, 0.6) is 5.75 Å². The van der Waals surface area contributed by atoms with Crippen molar-refractivity contribution in [3.8, 4) is 5.75 Å². The number of nitrogens with zero attached hydrogens (tertiary/aromatic N) is 1. The molecule has 0 bridgehead atoms. The van der Waals surface area contributed by atoms with Gasteiger partial charge in [-0.25, -0.2) is 23.4 Å². The SMILES string of the molecule is NC(=O)NN=Cc1ccc(COc2cc(F)c(F)c(F)c2)cc1. The molecule has 23 heavy (non-hydrogen) atoms. The molecule has 0 aliphatic rings. The van der Waals surface area contributed by atoms with Gasteiger partial charge in [-0.15, -0.1) is 0 Å². The minimum absolute atomic E-state index is 0.0431. The average molecular weight is 323 g/mol. The predicted molar refractivity (Wildman–Crippen MR) is 77.4 cm³/mol. The van der Waals surface area contributed by atoms with Crippen LogP contribution in [0.15, 0.2) is 41.5 Å². The van der Waals surface area contributed by atoms with Gasteiger partial charge < -0.3 is 10.5 Å². The zero-order valence-electron chi connectivity index (χ0n) is 11.7. The normalized spacial score (nSPS) is 10.7. The summed E-state index contributed by atoms with van der Waals surface area (Å²) in [5, 5.41) is 3.59. The number of carbonyl (C=O) groups excluding carboxylic acids is 1. The van der Waals surface area contributed by atoms with E-state index in [9.17, 15) is 18.0 Å². The molecule has 0 unspecified atom stereocenters. The van der Waals surface area contributed by atoms with Crippen molar-refractivity contribution in [1.82, 2.24) is 5.43 Å². The minimum atomic E-state index is -1.54. The number of urea groups is 1. The summed E-state index contributed by atoms with van der Waals surface area (Å²) < 4.78 is 44.1. The van der Waals surface area contributed by atoms with Crippen molar-refractivity contribution in [3.05, 3.63) is 65.0 Å². The van der Waals surface area contributed by atoms with Crippen molar-refractivity contribution >= 4 is 12.2 Å². The number of nitrogens with one attached hydrogen (secondary N) is 1. The van der Waals surface area contributed by atoms with Crippen LogP contribution in [0.25, 0.3) is 0 Å². The third-order valence-electron chi connectivity index (χ3n) is 2.73. The molecule has 5 nitrogen and oxygen atoms in total. The second-order valence-corrected chi connectivity index (χ2v) is 4.47. The Morgan fingerprint density at radius 3 is 2.35 bits per heavy atom. The number of primary amides is 1. The molecule has 120 valence electrons. The van der Waals surface area contributed by atoms with E-state index in [4.69, 9.17) is 10.5 Å². The summed E-state index contributed by atoms with van der Waals surface area (Å²) in [5.74, 6) is -4.27. The van der Waals surface area contributed by atoms with Crippen LogP contribution in [-0.2, 0) is 6.61 Å². The molecule has 8 heteroatoms. The van der Waals surface area contributed by atoms with E-state index in [-0.39, 0.29) is 12.4 Å². The van der Waals surface area contributed by atoms with Gasteiger partial charge in [0.25, 0.3) is 0 Å². The third kappa shape index (κ3) is 4.73. The molecule has 2 aromatic carbocycles. The van der Waals surface area contributed by atoms with Gasteiger partial charge in [0.2, 0.25) is 0 Å². The van der Waals surface area contributed by atoms with Crippen molar-refractivity contribution in [3.63, 3.8) is 0 Å². The summed E-state index contributed by atoms with van der Waals surface area (Å²) >= 11 is 0. The van der Waals surface area contributed by atoms with Crippen molar-refractivity contribution in [2.24, 2.45) is 10.8 Å². The molecular formula is C15H12F3N3O2. The van der Waals surface area contributed by atoms with E-state index in [2.05, 4.69) is 10.5 Å². The molecule has 0 radical (unpaired) electrons. The van der Waals surface area contributed by atoms with Crippen molar-refractivity contribution < 1.29 is 22.7 Å². The number of hydrazone groups is 1. The lowest BCUT2D eigenvalue weighted by Crippen LogP contribution is -2.24. The van der Waals surface area contributed by atoms with Crippen molar-refractivity contribution in [2.45, 2.75) is 6.61 Å². The van der Waals surface area contributed by atoms with E-state index < -0.39 is 23.5 Å². The molecule has 0 fully saturated rings. The lowest BCUT2D eigenvalue weighted by Gasteiger charge is -2.07. The topological polar surface area (TPSA) is 76.7 Å². The summed E-state index contributed by atoms with van der Waals surface area (Å²) in [6.45, 7) is 0.0431. The first-order valence-electron chi connectivity index (χ1n) is 6.40. The van der Waals surface area contributed by atoms with Crippen LogP contribution < -0.4 is 15.9 Å². The molecule has 0 aromatic heterocycles. The van der Waals surface area contributed by atoms with E-state index >= 15 is 0 Å². The average Bonchev–Trinajstić information content (AvgIpc) is 2.51. The molecule has 2 rings (SSSR count). The lowest BCUT2D eigenvalue weighted by molar-refractivity contribution is 0.249. The predicted octanol–water partition coefficient (Wildman–Crippen LogP) is 2.69. The van der Waals surface area contributed by atoms with E-state index in [0.29, 0.717) is 5.56 Å². The molecule has 0 atom stereocenters. The van der Waals surface area contributed by atoms with Crippen LogP contribution in [0.2, 0.25) is 0 Å². The van der Waals surface area contributed by atoms with Crippen LogP contribution in [0.3, 0.4) is 0 Å². The van der Waals surface area contributed by atoms with Gasteiger partial charge in [0.1, 0.15) is 12.4 Å². The standard InChI is InChI=1S/C15H12F3N3O2/c16-12-5-11(6-13(17)14(12)18)23-8-10-3-1-9(2-4-10)7-20-21-15(19)22/h1-7H,8H2,(H3,19,21,22). The van der Waals surface area contributed by atoms with Gasteiger partial charge in [0.15, 0.2) is 17.5 Å². The largest absolute Gasteiger partial charge is 0.489 e. The first-order valence-corrected chi connectivity index (χ1v) is 6.40. The van der Waals surface area contributed by atoms with Gasteiger partial charge in [0.05, 0.1) is 6.21 Å². The molecule has 3 N–H and O–H groups in total. The first-order chi connectivity index (χ1) is 11.0. The summed E-state index contributed by atoms with van der Waals surface area (Å²) in [7, 11) is 0. The number of rotatable bonds is 5. The Balaban J connectivity index is 1.96. The number of halogens is 3. The monoisotopic (exact) mass is 323 g/mol. The zero-order chi connectivity index (χ0) is 16.8. The summed E-state index contributed by atoms with van der Waals surface area (Å²) in [4.78, 5) is 10.4. The molecule has 0 aliphatic heterocycles. The van der Waals surface area contributed by atoms with E-state index in [1.807, 2.05) is 0 Å². The maximum Gasteiger partial charge on any atom is 0.332 e. The lowest BCUT2D eigenvalue weighted by atomic mass is 10.1. The Labute approximate surface area is 129 Å². The molecule has 0 spiro atoms. The van der Waals surface area contributed by atoms with Crippen LogP contribution in [0.4, 0.5) is 18.0 Å². The molecular weight excluding hydrogens is 311 g/mol. The van der Waals surface area contributed by atoms with Gasteiger partial charge in [-0.2, -0.15) is 5.10 Å². The number of hydrogen-bond donors (Lipinski definition) is 2. The molecule has 0 heterocycles. The maximum absolute atomic E-state index is 13.0. The Morgan fingerprint density at radius 1 is 1.17 bits per heavy atom. The Morgan fingerprint density at radius 2 is 1.78 bits per heavy atom. The Hall–Kier alpha value is -3.03. The Kier molecular flexibility index (Phi) is 5.19. The first kappa shape index (κ1) is 16.3. The van der Waals surface area contributed by atoms with Gasteiger partial charge >= 0.3 is 6.03 Å². The van der Waals surface area contributed by atoms with Crippen LogP contribution in [0.1, 0.15) is 11.1 Å². The molecule has 0 saturated heterocycles. The number of benzene rings is 2. The fraction of sp³-hybridized carbons (Fsp3) is 0.0667. The van der Waals surface area contributed by atoms with Gasteiger partial charge in [-0.1, -0.05) is 24.3 Å². The zero-order valence-corrected chi connectivity index (χ0v) is 11.7. The number of nitrogens with two attached hydrogens (primary N) is 1. The minimum Gasteiger partial charge on any atom is -0.489 e.